The first-order valence-electron chi connectivity index (χ1n) is 9.86. The van der Waals surface area contributed by atoms with Gasteiger partial charge in [0.05, 0.1) is 29.3 Å². The first kappa shape index (κ1) is 21.2. The SMILES string of the molecule is Cc1nn(C)c2sc(C(=O)NCC(c3c(F)cccc3Cl)N3CCOC(C)C3)cc12. The number of nitrogens with zero attached hydrogens (tertiary/aromatic N) is 3. The Hall–Kier alpha value is -2.00. The average Bonchev–Trinajstić information content (AvgIpc) is 3.25. The van der Waals surface area contributed by atoms with Crippen molar-refractivity contribution in [3.8, 4) is 0 Å². The molecule has 1 N–H and O–H groups in total. The van der Waals surface area contributed by atoms with E-state index in [4.69, 9.17) is 16.3 Å². The van der Waals surface area contributed by atoms with Gasteiger partial charge in [0.15, 0.2) is 0 Å². The van der Waals surface area contributed by atoms with E-state index in [0.29, 0.717) is 35.2 Å². The Bertz CT molecular complexity index is 1030. The molecule has 2 unspecified atom stereocenters. The van der Waals surface area contributed by atoms with Gasteiger partial charge in [0, 0.05) is 42.7 Å². The molecule has 30 heavy (non-hydrogen) atoms. The number of fused-ring (bicyclic) bond motifs is 1. The summed E-state index contributed by atoms with van der Waals surface area (Å²) < 4.78 is 22.1. The van der Waals surface area contributed by atoms with Crippen LogP contribution < -0.4 is 5.32 Å². The van der Waals surface area contributed by atoms with Crippen molar-refractivity contribution in [1.29, 1.82) is 0 Å². The maximum atomic E-state index is 14.7. The Morgan fingerprint density at radius 1 is 1.50 bits per heavy atom. The van der Waals surface area contributed by atoms with Gasteiger partial charge in [0.1, 0.15) is 10.6 Å². The highest BCUT2D eigenvalue weighted by molar-refractivity contribution is 7.20. The van der Waals surface area contributed by atoms with E-state index in [1.54, 1.807) is 16.8 Å². The molecule has 1 saturated heterocycles. The van der Waals surface area contributed by atoms with E-state index in [2.05, 4.69) is 15.3 Å². The Kier molecular flexibility index (Phi) is 6.11. The molecule has 3 heterocycles. The lowest BCUT2D eigenvalue weighted by Crippen LogP contribution is -2.46. The van der Waals surface area contributed by atoms with Gasteiger partial charge >= 0.3 is 0 Å². The van der Waals surface area contributed by atoms with Crippen molar-refractivity contribution in [2.45, 2.75) is 26.0 Å². The molecule has 1 aliphatic rings. The number of amides is 1. The van der Waals surface area contributed by atoms with Crippen LogP contribution in [0, 0.1) is 12.7 Å². The molecule has 3 aromatic rings. The van der Waals surface area contributed by atoms with Gasteiger partial charge in [-0.1, -0.05) is 17.7 Å². The molecule has 2 atom stereocenters. The van der Waals surface area contributed by atoms with Crippen LogP contribution in [0.3, 0.4) is 0 Å². The summed E-state index contributed by atoms with van der Waals surface area (Å²) in [5.41, 5.74) is 1.30. The summed E-state index contributed by atoms with van der Waals surface area (Å²) in [6.45, 7) is 5.99. The zero-order valence-corrected chi connectivity index (χ0v) is 18.7. The van der Waals surface area contributed by atoms with Crippen LogP contribution in [-0.2, 0) is 11.8 Å². The van der Waals surface area contributed by atoms with Gasteiger partial charge in [-0.2, -0.15) is 5.10 Å². The number of hydrogen-bond acceptors (Lipinski definition) is 5. The van der Waals surface area contributed by atoms with Crippen molar-refractivity contribution in [3.05, 3.63) is 51.2 Å². The fourth-order valence-corrected chi connectivity index (χ4v) is 5.29. The predicted octanol–water partition coefficient (Wildman–Crippen LogP) is 3.93. The fourth-order valence-electron chi connectivity index (χ4n) is 3.96. The number of nitrogens with one attached hydrogen (secondary N) is 1. The average molecular weight is 451 g/mol. The third-order valence-electron chi connectivity index (χ3n) is 5.42. The highest BCUT2D eigenvalue weighted by Crippen LogP contribution is 2.32. The fraction of sp³-hybridized carbons (Fsp3) is 0.429. The van der Waals surface area contributed by atoms with Crippen molar-refractivity contribution in [1.82, 2.24) is 20.0 Å². The molecule has 9 heteroatoms. The van der Waals surface area contributed by atoms with Gasteiger partial charge in [0.2, 0.25) is 0 Å². The van der Waals surface area contributed by atoms with Gasteiger partial charge in [-0.15, -0.1) is 11.3 Å². The second-order valence-electron chi connectivity index (χ2n) is 7.58. The summed E-state index contributed by atoms with van der Waals surface area (Å²) in [5, 5.41) is 8.69. The second kappa shape index (κ2) is 8.63. The van der Waals surface area contributed by atoms with Crippen molar-refractivity contribution in [2.24, 2.45) is 7.05 Å². The summed E-state index contributed by atoms with van der Waals surface area (Å²) >= 11 is 7.76. The van der Waals surface area contributed by atoms with Crippen LogP contribution in [0.5, 0.6) is 0 Å². The van der Waals surface area contributed by atoms with Gasteiger partial charge in [-0.3, -0.25) is 14.4 Å². The topological polar surface area (TPSA) is 59.4 Å². The summed E-state index contributed by atoms with van der Waals surface area (Å²) in [6, 6.07) is 6.15. The molecule has 6 nitrogen and oxygen atoms in total. The lowest BCUT2D eigenvalue weighted by atomic mass is 10.0. The predicted molar refractivity (Wildman–Crippen MR) is 117 cm³/mol. The molecule has 0 saturated carbocycles. The molecule has 1 fully saturated rings. The molecule has 0 bridgehead atoms. The van der Waals surface area contributed by atoms with E-state index in [0.717, 1.165) is 15.9 Å². The molecule has 1 aromatic carbocycles. The summed E-state index contributed by atoms with van der Waals surface area (Å²) in [4.78, 5) is 16.6. The Morgan fingerprint density at radius 3 is 3.00 bits per heavy atom. The van der Waals surface area contributed by atoms with Crippen LogP contribution in [0.15, 0.2) is 24.3 Å². The number of ether oxygens (including phenoxy) is 1. The van der Waals surface area contributed by atoms with Gasteiger partial charge in [0.25, 0.3) is 5.91 Å². The van der Waals surface area contributed by atoms with E-state index in [1.165, 1.54) is 17.4 Å². The molecule has 160 valence electrons. The van der Waals surface area contributed by atoms with Crippen molar-refractivity contribution in [2.75, 3.05) is 26.2 Å². The molecule has 2 aromatic heterocycles. The first-order valence-corrected chi connectivity index (χ1v) is 11.1. The summed E-state index contributed by atoms with van der Waals surface area (Å²) in [5.74, 6) is -0.557. The van der Waals surface area contributed by atoms with Crippen molar-refractivity contribution in [3.63, 3.8) is 0 Å². The van der Waals surface area contributed by atoms with Crippen LogP contribution in [0.25, 0.3) is 10.2 Å². The Labute approximate surface area is 183 Å². The van der Waals surface area contributed by atoms with E-state index in [9.17, 15) is 9.18 Å². The van der Waals surface area contributed by atoms with Gasteiger partial charge in [-0.25, -0.2) is 4.39 Å². The summed E-state index contributed by atoms with van der Waals surface area (Å²) in [7, 11) is 1.86. The number of aryl methyl sites for hydroxylation is 2. The third kappa shape index (κ3) is 4.09. The minimum atomic E-state index is -0.383. The van der Waals surface area contributed by atoms with E-state index >= 15 is 0 Å². The maximum absolute atomic E-state index is 14.7. The van der Waals surface area contributed by atoms with E-state index < -0.39 is 0 Å². The number of benzene rings is 1. The normalized spacial score (nSPS) is 18.6. The zero-order valence-electron chi connectivity index (χ0n) is 17.1. The Morgan fingerprint density at radius 2 is 2.30 bits per heavy atom. The molecule has 1 aliphatic heterocycles. The number of morpholine rings is 1. The van der Waals surface area contributed by atoms with Gasteiger partial charge < -0.3 is 10.1 Å². The first-order chi connectivity index (χ1) is 14.3. The standard InChI is InChI=1S/C21H24ClFN4O2S/c1-12-11-27(7-8-29-12)17(19-15(22)5-4-6-16(19)23)10-24-20(28)18-9-14-13(2)25-26(3)21(14)30-18/h4-6,9,12,17H,7-8,10-11H2,1-3H3,(H,24,28). The van der Waals surface area contributed by atoms with Crippen LogP contribution in [0.4, 0.5) is 4.39 Å². The third-order valence-corrected chi connectivity index (χ3v) is 6.95. The van der Waals surface area contributed by atoms with E-state index in [1.807, 2.05) is 27.0 Å². The number of hydrogen-bond donors (Lipinski definition) is 1. The quantitative estimate of drug-likeness (QED) is 0.640. The van der Waals surface area contributed by atoms with Crippen LogP contribution >= 0.6 is 22.9 Å². The molecule has 0 radical (unpaired) electrons. The highest BCUT2D eigenvalue weighted by atomic mass is 35.5. The minimum absolute atomic E-state index is 0.0283. The number of carbonyl (C=O) groups is 1. The lowest BCUT2D eigenvalue weighted by Gasteiger charge is -2.38. The molecular formula is C21H24ClFN4O2S. The van der Waals surface area contributed by atoms with Gasteiger partial charge in [-0.05, 0) is 32.0 Å². The van der Waals surface area contributed by atoms with E-state index in [-0.39, 0.29) is 30.4 Å². The number of rotatable bonds is 5. The number of thiophene rings is 1. The molecular weight excluding hydrogens is 427 g/mol. The second-order valence-corrected chi connectivity index (χ2v) is 9.01. The highest BCUT2D eigenvalue weighted by Gasteiger charge is 2.30. The van der Waals surface area contributed by atoms with Crippen LogP contribution in [0.2, 0.25) is 5.02 Å². The zero-order chi connectivity index (χ0) is 21.4. The minimum Gasteiger partial charge on any atom is -0.376 e. The van der Waals surface area contributed by atoms with Crippen molar-refractivity contribution < 1.29 is 13.9 Å². The van der Waals surface area contributed by atoms with Crippen LogP contribution in [0.1, 0.15) is 33.9 Å². The number of halogens is 2. The summed E-state index contributed by atoms with van der Waals surface area (Å²) in [6.07, 6.45) is 0.0283. The number of aromatic nitrogens is 2. The molecule has 4 rings (SSSR count). The maximum Gasteiger partial charge on any atom is 0.261 e. The molecule has 0 spiro atoms. The molecule has 0 aliphatic carbocycles. The van der Waals surface area contributed by atoms with Crippen molar-refractivity contribution >= 4 is 39.1 Å². The molecule has 1 amide bonds. The lowest BCUT2D eigenvalue weighted by molar-refractivity contribution is -0.0346. The monoisotopic (exact) mass is 450 g/mol. The Balaban J connectivity index is 1.58. The smallest absolute Gasteiger partial charge is 0.261 e. The largest absolute Gasteiger partial charge is 0.376 e. The number of carbonyl (C=O) groups excluding carboxylic acids is 1. The van der Waals surface area contributed by atoms with Crippen LogP contribution in [-0.4, -0.2) is 52.9 Å².